The van der Waals surface area contributed by atoms with Gasteiger partial charge < -0.3 is 14.6 Å². The molecule has 4 rings (SSSR count). The molecule has 6 nitrogen and oxygen atoms in total. The fourth-order valence-corrected chi connectivity index (χ4v) is 3.41. The first-order chi connectivity index (χ1) is 12.6. The smallest absolute Gasteiger partial charge is 0.337 e. The molecule has 1 aliphatic rings. The lowest BCUT2D eigenvalue weighted by Crippen LogP contribution is -2.35. The summed E-state index contributed by atoms with van der Waals surface area (Å²) >= 11 is 0. The van der Waals surface area contributed by atoms with Crippen LogP contribution in [0.2, 0.25) is 0 Å². The number of methoxy groups -OCH3 is 1. The molecule has 132 valence electrons. The SMILES string of the molecule is COC(=O)c1ccc2[nH]c3c(c2c1)CN(C(=O)c1ccc(C)nc1)CC3. The van der Waals surface area contributed by atoms with Crippen molar-refractivity contribution in [3.63, 3.8) is 0 Å². The van der Waals surface area contributed by atoms with Gasteiger partial charge in [0.05, 0.1) is 18.2 Å². The average Bonchev–Trinajstić information content (AvgIpc) is 3.04. The molecule has 1 N–H and O–H groups in total. The zero-order chi connectivity index (χ0) is 18.3. The van der Waals surface area contributed by atoms with Crippen LogP contribution >= 0.6 is 0 Å². The van der Waals surface area contributed by atoms with E-state index in [1.165, 1.54) is 7.11 Å². The summed E-state index contributed by atoms with van der Waals surface area (Å²) in [6.07, 6.45) is 2.38. The van der Waals surface area contributed by atoms with Gasteiger partial charge in [-0.1, -0.05) is 0 Å². The van der Waals surface area contributed by atoms with Crippen molar-refractivity contribution in [2.75, 3.05) is 13.7 Å². The largest absolute Gasteiger partial charge is 0.465 e. The molecular formula is C20H19N3O3. The highest BCUT2D eigenvalue weighted by Crippen LogP contribution is 2.29. The van der Waals surface area contributed by atoms with Gasteiger partial charge in [-0.25, -0.2) is 4.79 Å². The maximum absolute atomic E-state index is 12.8. The van der Waals surface area contributed by atoms with Crippen LogP contribution in [0.5, 0.6) is 0 Å². The number of hydrogen-bond acceptors (Lipinski definition) is 4. The second kappa shape index (κ2) is 6.29. The van der Waals surface area contributed by atoms with Gasteiger partial charge in [0.1, 0.15) is 0 Å². The number of carbonyl (C=O) groups is 2. The van der Waals surface area contributed by atoms with Crippen LogP contribution in [0.1, 0.15) is 37.7 Å². The quantitative estimate of drug-likeness (QED) is 0.722. The van der Waals surface area contributed by atoms with E-state index in [1.807, 2.05) is 36.1 Å². The number of pyridine rings is 1. The van der Waals surface area contributed by atoms with Crippen LogP contribution in [0, 0.1) is 6.92 Å². The predicted molar refractivity (Wildman–Crippen MR) is 97.1 cm³/mol. The van der Waals surface area contributed by atoms with E-state index in [0.29, 0.717) is 24.2 Å². The minimum absolute atomic E-state index is 0.0263. The Morgan fingerprint density at radius 3 is 2.73 bits per heavy atom. The van der Waals surface area contributed by atoms with Crippen molar-refractivity contribution in [2.45, 2.75) is 19.9 Å². The number of nitrogens with zero attached hydrogens (tertiary/aromatic N) is 2. The highest BCUT2D eigenvalue weighted by molar-refractivity contribution is 5.97. The first-order valence-electron chi connectivity index (χ1n) is 8.50. The Bertz CT molecular complexity index is 1010. The number of aromatic amines is 1. The lowest BCUT2D eigenvalue weighted by Gasteiger charge is -2.27. The molecular weight excluding hydrogens is 330 g/mol. The molecule has 2 aromatic heterocycles. The van der Waals surface area contributed by atoms with Crippen molar-refractivity contribution in [3.05, 3.63) is 64.6 Å². The Kier molecular flexibility index (Phi) is 3.95. The van der Waals surface area contributed by atoms with Crippen molar-refractivity contribution < 1.29 is 14.3 Å². The van der Waals surface area contributed by atoms with Gasteiger partial charge in [0.2, 0.25) is 0 Å². The first kappa shape index (κ1) is 16.3. The number of ether oxygens (including phenoxy) is 1. The summed E-state index contributed by atoms with van der Waals surface area (Å²) in [5.41, 5.74) is 5.13. The van der Waals surface area contributed by atoms with Crippen LogP contribution in [0.3, 0.4) is 0 Å². The number of amides is 1. The highest BCUT2D eigenvalue weighted by atomic mass is 16.5. The number of carbonyl (C=O) groups excluding carboxylic acids is 2. The van der Waals surface area contributed by atoms with Gasteiger partial charge in [0.25, 0.3) is 5.91 Å². The fraction of sp³-hybridized carbons (Fsp3) is 0.250. The molecule has 3 aromatic rings. The van der Waals surface area contributed by atoms with E-state index >= 15 is 0 Å². The zero-order valence-corrected chi connectivity index (χ0v) is 14.7. The van der Waals surface area contributed by atoms with E-state index in [4.69, 9.17) is 4.74 Å². The molecule has 1 aliphatic heterocycles. The number of hydrogen-bond donors (Lipinski definition) is 1. The Balaban J connectivity index is 1.67. The van der Waals surface area contributed by atoms with Crippen molar-refractivity contribution >= 4 is 22.8 Å². The van der Waals surface area contributed by atoms with Crippen LogP contribution in [0.4, 0.5) is 0 Å². The summed E-state index contributed by atoms with van der Waals surface area (Å²) in [6.45, 7) is 3.05. The highest BCUT2D eigenvalue weighted by Gasteiger charge is 2.25. The van der Waals surface area contributed by atoms with Crippen LogP contribution in [-0.4, -0.2) is 40.4 Å². The molecule has 1 aromatic carbocycles. The van der Waals surface area contributed by atoms with Gasteiger partial charge in [-0.05, 0) is 37.3 Å². The number of aryl methyl sites for hydroxylation is 1. The number of aromatic nitrogens is 2. The molecule has 0 radical (unpaired) electrons. The third-order valence-electron chi connectivity index (χ3n) is 4.84. The van der Waals surface area contributed by atoms with E-state index in [0.717, 1.165) is 34.3 Å². The minimum Gasteiger partial charge on any atom is -0.465 e. The third kappa shape index (κ3) is 2.73. The molecule has 0 fully saturated rings. The molecule has 0 atom stereocenters. The van der Waals surface area contributed by atoms with Crippen molar-refractivity contribution in [3.8, 4) is 0 Å². The zero-order valence-electron chi connectivity index (χ0n) is 14.7. The van der Waals surface area contributed by atoms with Crippen molar-refractivity contribution in [1.82, 2.24) is 14.9 Å². The molecule has 0 aliphatic carbocycles. The molecule has 1 amide bonds. The van der Waals surface area contributed by atoms with E-state index in [2.05, 4.69) is 9.97 Å². The van der Waals surface area contributed by atoms with Crippen LogP contribution < -0.4 is 0 Å². The number of benzene rings is 1. The Morgan fingerprint density at radius 2 is 2.00 bits per heavy atom. The van der Waals surface area contributed by atoms with Gasteiger partial charge in [-0.15, -0.1) is 0 Å². The van der Waals surface area contributed by atoms with Gasteiger partial charge in [-0.3, -0.25) is 9.78 Å². The number of nitrogens with one attached hydrogen (secondary N) is 1. The molecule has 6 heteroatoms. The van der Waals surface area contributed by atoms with Gasteiger partial charge >= 0.3 is 5.97 Å². The molecule has 0 saturated heterocycles. The topological polar surface area (TPSA) is 75.3 Å². The van der Waals surface area contributed by atoms with Crippen LogP contribution in [0.15, 0.2) is 36.5 Å². The summed E-state index contributed by atoms with van der Waals surface area (Å²) < 4.78 is 4.81. The van der Waals surface area contributed by atoms with Gasteiger partial charge in [0, 0.05) is 53.6 Å². The monoisotopic (exact) mass is 349 g/mol. The second-order valence-corrected chi connectivity index (χ2v) is 6.50. The van der Waals surface area contributed by atoms with Crippen molar-refractivity contribution in [2.24, 2.45) is 0 Å². The van der Waals surface area contributed by atoms with Crippen LogP contribution in [0.25, 0.3) is 10.9 Å². The Labute approximate surface area is 150 Å². The number of rotatable bonds is 2. The number of esters is 1. The Morgan fingerprint density at radius 1 is 1.19 bits per heavy atom. The van der Waals surface area contributed by atoms with Crippen LogP contribution in [-0.2, 0) is 17.7 Å². The minimum atomic E-state index is -0.365. The molecule has 0 saturated carbocycles. The van der Waals surface area contributed by atoms with E-state index < -0.39 is 0 Å². The second-order valence-electron chi connectivity index (χ2n) is 6.50. The summed E-state index contributed by atoms with van der Waals surface area (Å²) in [4.78, 5) is 34.1. The third-order valence-corrected chi connectivity index (χ3v) is 4.84. The maximum atomic E-state index is 12.8. The number of H-pyrrole nitrogens is 1. The lowest BCUT2D eigenvalue weighted by molar-refractivity contribution is 0.0600. The van der Waals surface area contributed by atoms with Gasteiger partial charge in [-0.2, -0.15) is 0 Å². The molecule has 0 bridgehead atoms. The molecule has 0 unspecified atom stereocenters. The normalized spacial score (nSPS) is 13.5. The maximum Gasteiger partial charge on any atom is 0.337 e. The Hall–Kier alpha value is -3.15. The van der Waals surface area contributed by atoms with Gasteiger partial charge in [0.15, 0.2) is 0 Å². The van der Waals surface area contributed by atoms with E-state index in [9.17, 15) is 9.59 Å². The predicted octanol–water partition coefficient (Wildman–Crippen LogP) is 2.86. The summed E-state index contributed by atoms with van der Waals surface area (Å²) in [6, 6.07) is 9.12. The number of fused-ring (bicyclic) bond motifs is 3. The fourth-order valence-electron chi connectivity index (χ4n) is 3.41. The van der Waals surface area contributed by atoms with E-state index in [1.54, 1.807) is 12.3 Å². The summed E-state index contributed by atoms with van der Waals surface area (Å²) in [5, 5.41) is 0.961. The lowest BCUT2D eigenvalue weighted by atomic mass is 10.0. The average molecular weight is 349 g/mol. The van der Waals surface area contributed by atoms with E-state index in [-0.39, 0.29) is 11.9 Å². The molecule has 26 heavy (non-hydrogen) atoms. The standard InChI is InChI=1S/C20H19N3O3/c1-12-3-4-14(10-21-12)19(24)23-8-7-18-16(11-23)15-9-13(20(25)26-2)5-6-17(15)22-18/h3-6,9-10,22H,7-8,11H2,1-2H3. The molecule has 3 heterocycles. The molecule has 0 spiro atoms. The van der Waals surface area contributed by atoms with Crippen molar-refractivity contribution in [1.29, 1.82) is 0 Å². The first-order valence-corrected chi connectivity index (χ1v) is 8.50. The summed E-state index contributed by atoms with van der Waals surface area (Å²) in [7, 11) is 1.37. The summed E-state index contributed by atoms with van der Waals surface area (Å²) in [5.74, 6) is -0.391.